The summed E-state index contributed by atoms with van der Waals surface area (Å²) in [6.45, 7) is 3.08. The highest BCUT2D eigenvalue weighted by Gasteiger charge is 2.31. The highest BCUT2D eigenvalue weighted by molar-refractivity contribution is 7.13. The first kappa shape index (κ1) is 13.5. The summed E-state index contributed by atoms with van der Waals surface area (Å²) in [5.74, 6) is 0.0469. The molecule has 2 heterocycles. The summed E-state index contributed by atoms with van der Waals surface area (Å²) in [5.41, 5.74) is 5.77. The Hall–Kier alpha value is -0.980. The van der Waals surface area contributed by atoms with Crippen LogP contribution in [0.4, 0.5) is 0 Å². The number of methoxy groups -OCH3 is 1. The van der Waals surface area contributed by atoms with Crippen LogP contribution in [-0.2, 0) is 4.74 Å². The molecule has 1 amide bonds. The summed E-state index contributed by atoms with van der Waals surface area (Å²) in [6.07, 6.45) is 3.55. The van der Waals surface area contributed by atoms with Gasteiger partial charge in [0.05, 0.1) is 17.3 Å². The average molecular weight is 269 g/mol. The molecule has 0 spiro atoms. The SMILES string of the molecule is COC1CCN(C(=O)c2cnc(C)s2)C(CN)C1. The molecule has 100 valence electrons. The molecule has 2 unspecified atom stereocenters. The third-order valence-corrected chi connectivity index (χ3v) is 4.27. The molecular weight excluding hydrogens is 250 g/mol. The van der Waals surface area contributed by atoms with Crippen LogP contribution in [0, 0.1) is 6.92 Å². The highest BCUT2D eigenvalue weighted by atomic mass is 32.1. The molecular formula is C12H19N3O2S. The minimum atomic E-state index is 0.0469. The van der Waals surface area contributed by atoms with E-state index in [1.807, 2.05) is 11.8 Å². The molecule has 0 radical (unpaired) electrons. The summed E-state index contributed by atoms with van der Waals surface area (Å²) in [4.78, 5) is 19.1. The molecule has 1 aromatic heterocycles. The fraction of sp³-hybridized carbons (Fsp3) is 0.667. The van der Waals surface area contributed by atoms with E-state index in [1.54, 1.807) is 13.3 Å². The molecule has 2 rings (SSSR count). The minimum Gasteiger partial charge on any atom is -0.381 e. The van der Waals surface area contributed by atoms with Gasteiger partial charge in [0, 0.05) is 26.2 Å². The van der Waals surface area contributed by atoms with Crippen LogP contribution in [0.1, 0.15) is 27.5 Å². The molecule has 2 atom stereocenters. The van der Waals surface area contributed by atoms with Crippen molar-refractivity contribution in [1.29, 1.82) is 0 Å². The Bertz CT molecular complexity index is 421. The molecule has 0 bridgehead atoms. The second kappa shape index (κ2) is 5.77. The van der Waals surface area contributed by atoms with Gasteiger partial charge >= 0.3 is 0 Å². The van der Waals surface area contributed by atoms with E-state index < -0.39 is 0 Å². The maximum Gasteiger partial charge on any atom is 0.265 e. The minimum absolute atomic E-state index is 0.0469. The van der Waals surface area contributed by atoms with Gasteiger partial charge in [-0.05, 0) is 19.8 Å². The lowest BCUT2D eigenvalue weighted by Gasteiger charge is -2.38. The average Bonchev–Trinajstić information content (AvgIpc) is 2.83. The van der Waals surface area contributed by atoms with E-state index in [0.717, 1.165) is 17.8 Å². The maximum atomic E-state index is 12.4. The van der Waals surface area contributed by atoms with E-state index in [1.165, 1.54) is 11.3 Å². The van der Waals surface area contributed by atoms with Gasteiger partial charge in [0.2, 0.25) is 0 Å². The summed E-state index contributed by atoms with van der Waals surface area (Å²) in [6, 6.07) is 0.0682. The van der Waals surface area contributed by atoms with Crippen molar-refractivity contribution < 1.29 is 9.53 Å². The van der Waals surface area contributed by atoms with Gasteiger partial charge in [-0.1, -0.05) is 0 Å². The fourth-order valence-electron chi connectivity index (χ4n) is 2.32. The number of carbonyl (C=O) groups is 1. The number of nitrogens with zero attached hydrogens (tertiary/aromatic N) is 2. The monoisotopic (exact) mass is 269 g/mol. The molecule has 18 heavy (non-hydrogen) atoms. The molecule has 1 aliphatic heterocycles. The molecule has 1 aliphatic rings. The summed E-state index contributed by atoms with van der Waals surface area (Å²) >= 11 is 1.43. The molecule has 1 aromatic rings. The van der Waals surface area contributed by atoms with Crippen molar-refractivity contribution in [1.82, 2.24) is 9.88 Å². The predicted molar refractivity (Wildman–Crippen MR) is 70.8 cm³/mol. The smallest absolute Gasteiger partial charge is 0.265 e. The van der Waals surface area contributed by atoms with Crippen LogP contribution in [0.15, 0.2) is 6.20 Å². The first-order valence-corrected chi connectivity index (χ1v) is 6.93. The van der Waals surface area contributed by atoms with Crippen LogP contribution in [0.5, 0.6) is 0 Å². The van der Waals surface area contributed by atoms with Crippen molar-refractivity contribution in [3.8, 4) is 0 Å². The summed E-state index contributed by atoms with van der Waals surface area (Å²) in [5, 5.41) is 0.912. The topological polar surface area (TPSA) is 68.5 Å². The Kier molecular flexibility index (Phi) is 4.31. The highest BCUT2D eigenvalue weighted by Crippen LogP contribution is 2.23. The Morgan fingerprint density at radius 2 is 2.50 bits per heavy atom. The van der Waals surface area contributed by atoms with Crippen molar-refractivity contribution in [2.75, 3.05) is 20.2 Å². The lowest BCUT2D eigenvalue weighted by atomic mass is 9.99. The number of hydrogen-bond donors (Lipinski definition) is 1. The van der Waals surface area contributed by atoms with Crippen LogP contribution >= 0.6 is 11.3 Å². The summed E-state index contributed by atoms with van der Waals surface area (Å²) in [7, 11) is 1.71. The number of hydrogen-bond acceptors (Lipinski definition) is 5. The Balaban J connectivity index is 2.10. The van der Waals surface area contributed by atoms with Crippen molar-refractivity contribution in [3.63, 3.8) is 0 Å². The number of aromatic nitrogens is 1. The van der Waals surface area contributed by atoms with E-state index in [0.29, 0.717) is 18.0 Å². The van der Waals surface area contributed by atoms with Crippen molar-refractivity contribution >= 4 is 17.2 Å². The number of ether oxygens (including phenoxy) is 1. The quantitative estimate of drug-likeness (QED) is 0.890. The molecule has 5 nitrogen and oxygen atoms in total. The molecule has 1 saturated heterocycles. The number of amides is 1. The van der Waals surface area contributed by atoms with Crippen LogP contribution in [0.2, 0.25) is 0 Å². The summed E-state index contributed by atoms with van der Waals surface area (Å²) < 4.78 is 5.36. The Morgan fingerprint density at radius 1 is 1.72 bits per heavy atom. The number of thiazole rings is 1. The zero-order chi connectivity index (χ0) is 13.1. The van der Waals surface area contributed by atoms with E-state index in [-0.39, 0.29) is 18.1 Å². The van der Waals surface area contributed by atoms with E-state index in [9.17, 15) is 4.79 Å². The van der Waals surface area contributed by atoms with Gasteiger partial charge in [-0.25, -0.2) is 4.98 Å². The largest absolute Gasteiger partial charge is 0.381 e. The molecule has 6 heteroatoms. The van der Waals surface area contributed by atoms with Gasteiger partial charge in [0.15, 0.2) is 0 Å². The second-order valence-electron chi connectivity index (χ2n) is 4.51. The zero-order valence-electron chi connectivity index (χ0n) is 10.8. The maximum absolute atomic E-state index is 12.4. The molecule has 0 aromatic carbocycles. The van der Waals surface area contributed by atoms with Crippen LogP contribution in [0.3, 0.4) is 0 Å². The first-order valence-electron chi connectivity index (χ1n) is 6.12. The molecule has 1 fully saturated rings. The third-order valence-electron chi connectivity index (χ3n) is 3.37. The van der Waals surface area contributed by atoms with E-state index in [2.05, 4.69) is 4.98 Å². The van der Waals surface area contributed by atoms with Gasteiger partial charge in [-0.3, -0.25) is 4.79 Å². The number of likely N-dealkylation sites (tertiary alicyclic amines) is 1. The Labute approximate surface area is 111 Å². The van der Waals surface area contributed by atoms with Crippen LogP contribution in [0.25, 0.3) is 0 Å². The van der Waals surface area contributed by atoms with Gasteiger partial charge in [-0.15, -0.1) is 11.3 Å². The van der Waals surface area contributed by atoms with Gasteiger partial charge in [0.25, 0.3) is 5.91 Å². The Morgan fingerprint density at radius 3 is 3.06 bits per heavy atom. The lowest BCUT2D eigenvalue weighted by Crippen LogP contribution is -2.51. The second-order valence-corrected chi connectivity index (χ2v) is 5.75. The number of piperidine rings is 1. The van der Waals surface area contributed by atoms with Crippen molar-refractivity contribution in [2.24, 2.45) is 5.73 Å². The van der Waals surface area contributed by atoms with Crippen LogP contribution < -0.4 is 5.73 Å². The predicted octanol–water partition coefficient (Wildman–Crippen LogP) is 1.03. The number of carbonyl (C=O) groups excluding carboxylic acids is 1. The van der Waals surface area contributed by atoms with E-state index >= 15 is 0 Å². The number of rotatable bonds is 3. The van der Waals surface area contributed by atoms with Gasteiger partial charge < -0.3 is 15.4 Å². The number of aryl methyl sites for hydroxylation is 1. The lowest BCUT2D eigenvalue weighted by molar-refractivity contribution is 0.0141. The standard InChI is InChI=1S/C12H19N3O2S/c1-8-14-7-11(18-8)12(16)15-4-3-10(17-2)5-9(15)6-13/h7,9-10H,3-6,13H2,1-2H3. The van der Waals surface area contributed by atoms with Gasteiger partial charge in [0.1, 0.15) is 4.88 Å². The van der Waals surface area contributed by atoms with Crippen molar-refractivity contribution in [2.45, 2.75) is 31.9 Å². The number of nitrogens with two attached hydrogens (primary N) is 1. The molecule has 0 saturated carbocycles. The van der Waals surface area contributed by atoms with Crippen molar-refractivity contribution in [3.05, 3.63) is 16.1 Å². The van der Waals surface area contributed by atoms with Gasteiger partial charge in [-0.2, -0.15) is 0 Å². The van der Waals surface area contributed by atoms with E-state index in [4.69, 9.17) is 10.5 Å². The zero-order valence-corrected chi connectivity index (χ0v) is 11.6. The first-order chi connectivity index (χ1) is 8.65. The molecule has 0 aliphatic carbocycles. The third kappa shape index (κ3) is 2.71. The normalized spacial score (nSPS) is 24.3. The fourth-order valence-corrected chi connectivity index (χ4v) is 3.05. The molecule has 2 N–H and O–H groups in total. The van der Waals surface area contributed by atoms with Crippen LogP contribution in [-0.4, -0.2) is 48.1 Å².